The van der Waals surface area contributed by atoms with Gasteiger partial charge >= 0.3 is 0 Å². The predicted molar refractivity (Wildman–Crippen MR) is 81.6 cm³/mol. The Morgan fingerprint density at radius 3 is 2.84 bits per heavy atom. The molecule has 0 bridgehead atoms. The SMILES string of the molecule is CNC(C)c1cccnc1N1CCCC(C)(C)CC1. The van der Waals surface area contributed by atoms with E-state index in [1.807, 2.05) is 19.3 Å². The van der Waals surface area contributed by atoms with E-state index in [9.17, 15) is 0 Å². The third-order valence-corrected chi connectivity index (χ3v) is 4.36. The van der Waals surface area contributed by atoms with Gasteiger partial charge in [-0.05, 0) is 44.7 Å². The molecule has 0 spiro atoms. The normalized spacial score (nSPS) is 20.9. The molecule has 106 valence electrons. The molecule has 19 heavy (non-hydrogen) atoms. The standard InChI is InChI=1S/C16H27N3/c1-13(17-4)14-7-5-10-18-15(14)19-11-6-8-16(2,3)9-12-19/h5,7,10,13,17H,6,8-9,11-12H2,1-4H3. The van der Waals surface area contributed by atoms with E-state index in [4.69, 9.17) is 0 Å². The number of pyridine rings is 1. The van der Waals surface area contributed by atoms with Crippen LogP contribution in [0, 0.1) is 5.41 Å². The molecule has 3 heteroatoms. The van der Waals surface area contributed by atoms with Crippen LogP contribution in [0.5, 0.6) is 0 Å². The minimum absolute atomic E-state index is 0.347. The fourth-order valence-electron chi connectivity index (χ4n) is 2.80. The van der Waals surface area contributed by atoms with Crippen molar-refractivity contribution in [1.29, 1.82) is 0 Å². The Bertz CT molecular complexity index is 414. The van der Waals surface area contributed by atoms with Crippen LogP contribution in [0.25, 0.3) is 0 Å². The molecule has 3 nitrogen and oxygen atoms in total. The lowest BCUT2D eigenvalue weighted by Crippen LogP contribution is -2.28. The van der Waals surface area contributed by atoms with E-state index >= 15 is 0 Å². The Labute approximate surface area is 117 Å². The quantitative estimate of drug-likeness (QED) is 0.904. The zero-order valence-electron chi connectivity index (χ0n) is 12.7. The molecule has 1 unspecified atom stereocenters. The third-order valence-electron chi connectivity index (χ3n) is 4.36. The van der Waals surface area contributed by atoms with Gasteiger partial charge in [-0.2, -0.15) is 0 Å². The number of rotatable bonds is 3. The van der Waals surface area contributed by atoms with Gasteiger partial charge < -0.3 is 10.2 Å². The number of nitrogens with zero attached hydrogens (tertiary/aromatic N) is 2. The number of hydrogen-bond acceptors (Lipinski definition) is 3. The Kier molecular flexibility index (Phi) is 4.46. The first-order chi connectivity index (χ1) is 9.03. The van der Waals surface area contributed by atoms with Gasteiger partial charge in [0.2, 0.25) is 0 Å². The second kappa shape index (κ2) is 5.91. The average Bonchev–Trinajstić information content (AvgIpc) is 2.59. The Morgan fingerprint density at radius 1 is 1.32 bits per heavy atom. The summed E-state index contributed by atoms with van der Waals surface area (Å²) in [6, 6.07) is 4.58. The monoisotopic (exact) mass is 261 g/mol. The fraction of sp³-hybridized carbons (Fsp3) is 0.688. The van der Waals surface area contributed by atoms with Crippen LogP contribution in [-0.4, -0.2) is 25.1 Å². The lowest BCUT2D eigenvalue weighted by Gasteiger charge is -2.27. The van der Waals surface area contributed by atoms with E-state index in [-0.39, 0.29) is 0 Å². The highest BCUT2D eigenvalue weighted by atomic mass is 15.2. The molecular weight excluding hydrogens is 234 g/mol. The summed E-state index contributed by atoms with van der Waals surface area (Å²) < 4.78 is 0. The fourth-order valence-corrected chi connectivity index (χ4v) is 2.80. The lowest BCUT2D eigenvalue weighted by atomic mass is 9.85. The highest BCUT2D eigenvalue weighted by Gasteiger charge is 2.25. The largest absolute Gasteiger partial charge is 0.356 e. The summed E-state index contributed by atoms with van der Waals surface area (Å²) >= 11 is 0. The van der Waals surface area contributed by atoms with Crippen LogP contribution < -0.4 is 10.2 Å². The second-order valence-electron chi connectivity index (χ2n) is 6.43. The molecule has 0 aromatic carbocycles. The first-order valence-electron chi connectivity index (χ1n) is 7.41. The number of hydrogen-bond donors (Lipinski definition) is 1. The highest BCUT2D eigenvalue weighted by molar-refractivity contribution is 5.48. The summed E-state index contributed by atoms with van der Waals surface area (Å²) in [5.41, 5.74) is 1.78. The second-order valence-corrected chi connectivity index (χ2v) is 6.43. The summed E-state index contributed by atoms with van der Waals surface area (Å²) in [6.45, 7) is 9.21. The van der Waals surface area contributed by atoms with Crippen LogP contribution in [0.15, 0.2) is 18.3 Å². The maximum absolute atomic E-state index is 4.65. The van der Waals surface area contributed by atoms with Crippen LogP contribution in [-0.2, 0) is 0 Å². The van der Waals surface area contributed by atoms with Gasteiger partial charge in [-0.25, -0.2) is 4.98 Å². The third kappa shape index (κ3) is 3.47. The van der Waals surface area contributed by atoms with E-state index in [1.165, 1.54) is 30.6 Å². The van der Waals surface area contributed by atoms with Crippen molar-refractivity contribution < 1.29 is 0 Å². The maximum atomic E-state index is 4.65. The van der Waals surface area contributed by atoms with Gasteiger partial charge in [-0.15, -0.1) is 0 Å². The van der Waals surface area contributed by atoms with E-state index in [1.54, 1.807) is 0 Å². The van der Waals surface area contributed by atoms with Crippen molar-refractivity contribution >= 4 is 5.82 Å². The topological polar surface area (TPSA) is 28.2 Å². The molecule has 1 aliphatic rings. The summed E-state index contributed by atoms with van der Waals surface area (Å²) in [4.78, 5) is 7.12. The van der Waals surface area contributed by atoms with Gasteiger partial charge in [-0.3, -0.25) is 0 Å². The van der Waals surface area contributed by atoms with Crippen LogP contribution in [0.2, 0.25) is 0 Å². The van der Waals surface area contributed by atoms with Crippen molar-refractivity contribution in [2.45, 2.75) is 46.1 Å². The first kappa shape index (κ1) is 14.3. The molecule has 0 saturated carbocycles. The van der Waals surface area contributed by atoms with E-state index in [0.29, 0.717) is 11.5 Å². The molecule has 0 radical (unpaired) electrons. The molecule has 2 heterocycles. The van der Waals surface area contributed by atoms with Crippen LogP contribution in [0.1, 0.15) is 51.6 Å². The smallest absolute Gasteiger partial charge is 0.133 e. The lowest BCUT2D eigenvalue weighted by molar-refractivity contribution is 0.325. The number of nitrogens with one attached hydrogen (secondary N) is 1. The maximum Gasteiger partial charge on any atom is 0.133 e. The van der Waals surface area contributed by atoms with Gasteiger partial charge in [0.15, 0.2) is 0 Å². The molecule has 0 aliphatic carbocycles. The first-order valence-corrected chi connectivity index (χ1v) is 7.41. The summed E-state index contributed by atoms with van der Waals surface area (Å²) in [5.74, 6) is 1.17. The molecule has 1 atom stereocenters. The molecule has 2 rings (SSSR count). The molecule has 0 amide bonds. The highest BCUT2D eigenvalue weighted by Crippen LogP contribution is 2.33. The van der Waals surface area contributed by atoms with Crippen molar-refractivity contribution in [2.24, 2.45) is 5.41 Å². The van der Waals surface area contributed by atoms with Crippen molar-refractivity contribution in [3.63, 3.8) is 0 Å². The van der Waals surface area contributed by atoms with E-state index in [2.05, 4.69) is 42.0 Å². The van der Waals surface area contributed by atoms with Crippen molar-refractivity contribution in [3.8, 4) is 0 Å². The summed E-state index contributed by atoms with van der Waals surface area (Å²) in [7, 11) is 2.01. The number of aromatic nitrogens is 1. The molecule has 1 aromatic heterocycles. The molecule has 1 N–H and O–H groups in total. The molecular formula is C16H27N3. The van der Waals surface area contributed by atoms with Gasteiger partial charge in [0.25, 0.3) is 0 Å². The van der Waals surface area contributed by atoms with Crippen LogP contribution >= 0.6 is 0 Å². The summed E-state index contributed by atoms with van der Waals surface area (Å²) in [6.07, 6.45) is 5.73. The zero-order chi connectivity index (χ0) is 13.9. The zero-order valence-corrected chi connectivity index (χ0v) is 12.7. The summed E-state index contributed by atoms with van der Waals surface area (Å²) in [5, 5.41) is 3.33. The Hall–Kier alpha value is -1.09. The average molecular weight is 261 g/mol. The number of anilines is 1. The van der Waals surface area contributed by atoms with Gasteiger partial charge in [-0.1, -0.05) is 19.9 Å². The molecule has 1 fully saturated rings. The van der Waals surface area contributed by atoms with Crippen molar-refractivity contribution in [3.05, 3.63) is 23.9 Å². The molecule has 1 saturated heterocycles. The Balaban J connectivity index is 2.22. The minimum atomic E-state index is 0.347. The predicted octanol–water partition coefficient (Wildman–Crippen LogP) is 3.38. The van der Waals surface area contributed by atoms with Crippen molar-refractivity contribution in [2.75, 3.05) is 25.0 Å². The van der Waals surface area contributed by atoms with Crippen LogP contribution in [0.4, 0.5) is 5.82 Å². The van der Waals surface area contributed by atoms with Gasteiger partial charge in [0.05, 0.1) is 0 Å². The minimum Gasteiger partial charge on any atom is -0.356 e. The van der Waals surface area contributed by atoms with Crippen LogP contribution in [0.3, 0.4) is 0 Å². The molecule has 1 aliphatic heterocycles. The van der Waals surface area contributed by atoms with Gasteiger partial charge in [0.1, 0.15) is 5.82 Å². The van der Waals surface area contributed by atoms with Gasteiger partial charge in [0, 0.05) is 30.9 Å². The van der Waals surface area contributed by atoms with E-state index < -0.39 is 0 Å². The molecule has 1 aromatic rings. The van der Waals surface area contributed by atoms with E-state index in [0.717, 1.165) is 13.1 Å². The Morgan fingerprint density at radius 2 is 2.11 bits per heavy atom. The van der Waals surface area contributed by atoms with Crippen molar-refractivity contribution in [1.82, 2.24) is 10.3 Å².